The lowest BCUT2D eigenvalue weighted by Gasteiger charge is -2.30. The van der Waals surface area contributed by atoms with E-state index < -0.39 is 11.4 Å². The molecular formula is C7H11NO3. The summed E-state index contributed by atoms with van der Waals surface area (Å²) < 4.78 is 4.99. The third-order valence-corrected chi connectivity index (χ3v) is 3.04. The van der Waals surface area contributed by atoms with Crippen LogP contribution in [0.15, 0.2) is 0 Å². The van der Waals surface area contributed by atoms with Crippen LogP contribution in [0.5, 0.6) is 0 Å². The van der Waals surface area contributed by atoms with Crippen molar-refractivity contribution < 1.29 is 14.6 Å². The predicted molar refractivity (Wildman–Crippen MR) is 37.0 cm³/mol. The zero-order valence-corrected chi connectivity index (χ0v) is 6.17. The summed E-state index contributed by atoms with van der Waals surface area (Å²) in [5, 5.41) is 8.87. The van der Waals surface area contributed by atoms with Gasteiger partial charge in [0.25, 0.3) is 0 Å². The first-order chi connectivity index (χ1) is 5.17. The van der Waals surface area contributed by atoms with Gasteiger partial charge in [-0.3, -0.25) is 4.79 Å². The van der Waals surface area contributed by atoms with E-state index in [1.807, 2.05) is 0 Å². The number of carboxylic acid groups (broad SMARTS) is 1. The standard InChI is InChI=1S/C7H11NO3/c8-2-7(5(9)10)1-6(7)3-11-4-6/h1-4,8H2,(H,9,10). The average molecular weight is 157 g/mol. The van der Waals surface area contributed by atoms with Crippen LogP contribution in [0.2, 0.25) is 0 Å². The fraction of sp³-hybridized carbons (Fsp3) is 0.857. The molecule has 0 radical (unpaired) electrons. The van der Waals surface area contributed by atoms with Crippen molar-refractivity contribution in [1.82, 2.24) is 0 Å². The van der Waals surface area contributed by atoms with E-state index in [0.717, 1.165) is 0 Å². The lowest BCUT2D eigenvalue weighted by atomic mass is 9.91. The molecule has 0 aromatic rings. The van der Waals surface area contributed by atoms with Gasteiger partial charge in [-0.15, -0.1) is 0 Å². The molecule has 1 atom stereocenters. The fourth-order valence-corrected chi connectivity index (χ4v) is 1.94. The van der Waals surface area contributed by atoms with Crippen molar-refractivity contribution in [2.24, 2.45) is 16.6 Å². The normalized spacial score (nSPS) is 38.3. The van der Waals surface area contributed by atoms with Gasteiger partial charge in [0, 0.05) is 12.0 Å². The number of carboxylic acids is 1. The summed E-state index contributed by atoms with van der Waals surface area (Å²) in [6.07, 6.45) is 0.700. The Kier molecular flexibility index (Phi) is 1.13. The maximum atomic E-state index is 10.8. The number of hydrogen-bond acceptors (Lipinski definition) is 3. The first-order valence-electron chi connectivity index (χ1n) is 3.68. The fourth-order valence-electron chi connectivity index (χ4n) is 1.94. The van der Waals surface area contributed by atoms with Gasteiger partial charge in [0.15, 0.2) is 0 Å². The maximum absolute atomic E-state index is 10.8. The Hall–Kier alpha value is -0.610. The van der Waals surface area contributed by atoms with Gasteiger partial charge in [0.2, 0.25) is 0 Å². The maximum Gasteiger partial charge on any atom is 0.311 e. The van der Waals surface area contributed by atoms with E-state index in [1.54, 1.807) is 0 Å². The minimum atomic E-state index is -0.761. The van der Waals surface area contributed by atoms with Crippen LogP contribution in [0, 0.1) is 10.8 Å². The largest absolute Gasteiger partial charge is 0.481 e. The highest BCUT2D eigenvalue weighted by molar-refractivity contribution is 5.80. The van der Waals surface area contributed by atoms with Crippen molar-refractivity contribution in [3.05, 3.63) is 0 Å². The quantitative estimate of drug-likeness (QED) is 0.563. The van der Waals surface area contributed by atoms with Crippen LogP contribution in [0.1, 0.15) is 6.42 Å². The first-order valence-corrected chi connectivity index (χ1v) is 3.68. The summed E-state index contributed by atoms with van der Waals surface area (Å²) in [7, 11) is 0. The number of ether oxygens (including phenoxy) is 1. The number of rotatable bonds is 2. The molecule has 1 saturated carbocycles. The van der Waals surface area contributed by atoms with E-state index in [-0.39, 0.29) is 12.0 Å². The van der Waals surface area contributed by atoms with Crippen LogP contribution in [0.3, 0.4) is 0 Å². The number of carbonyl (C=O) groups is 1. The average Bonchev–Trinajstić information content (AvgIpc) is 2.56. The number of nitrogens with two attached hydrogens (primary N) is 1. The zero-order valence-electron chi connectivity index (χ0n) is 6.17. The molecule has 2 aliphatic rings. The third kappa shape index (κ3) is 0.594. The van der Waals surface area contributed by atoms with E-state index in [9.17, 15) is 4.79 Å². The molecule has 3 N–H and O–H groups in total. The van der Waals surface area contributed by atoms with Gasteiger partial charge >= 0.3 is 5.97 Å². The van der Waals surface area contributed by atoms with Crippen LogP contribution < -0.4 is 5.73 Å². The molecule has 0 aromatic carbocycles. The molecule has 11 heavy (non-hydrogen) atoms. The smallest absolute Gasteiger partial charge is 0.311 e. The van der Waals surface area contributed by atoms with E-state index in [2.05, 4.69) is 0 Å². The van der Waals surface area contributed by atoms with Gasteiger partial charge in [-0.25, -0.2) is 0 Å². The summed E-state index contributed by atoms with van der Waals surface area (Å²) >= 11 is 0. The molecule has 1 aliphatic heterocycles. The van der Waals surface area contributed by atoms with Gasteiger partial charge in [-0.2, -0.15) is 0 Å². The Morgan fingerprint density at radius 1 is 1.64 bits per heavy atom. The van der Waals surface area contributed by atoms with Crippen molar-refractivity contribution in [2.45, 2.75) is 6.42 Å². The van der Waals surface area contributed by atoms with Gasteiger partial charge in [0.1, 0.15) is 0 Å². The summed E-state index contributed by atoms with van der Waals surface area (Å²) in [4.78, 5) is 10.8. The summed E-state index contributed by atoms with van der Waals surface area (Å²) in [6.45, 7) is 1.40. The Labute approximate surface area is 64.3 Å². The molecule has 1 unspecified atom stereocenters. The molecule has 1 saturated heterocycles. The molecule has 0 bridgehead atoms. The molecule has 1 spiro atoms. The first kappa shape index (κ1) is 7.06. The highest BCUT2D eigenvalue weighted by atomic mass is 16.5. The van der Waals surface area contributed by atoms with Crippen molar-refractivity contribution in [1.29, 1.82) is 0 Å². The molecule has 4 heteroatoms. The molecule has 1 heterocycles. The van der Waals surface area contributed by atoms with Crippen molar-refractivity contribution >= 4 is 5.97 Å². The van der Waals surface area contributed by atoms with Gasteiger partial charge < -0.3 is 15.6 Å². The summed E-state index contributed by atoms with van der Waals surface area (Å²) in [5.74, 6) is -0.761. The summed E-state index contributed by atoms with van der Waals surface area (Å²) in [5.41, 5.74) is 4.68. The Morgan fingerprint density at radius 3 is 2.36 bits per heavy atom. The van der Waals surface area contributed by atoms with Crippen LogP contribution in [0.25, 0.3) is 0 Å². The topological polar surface area (TPSA) is 72.6 Å². The molecule has 1 aliphatic carbocycles. The highest BCUT2D eigenvalue weighted by Crippen LogP contribution is 2.67. The molecule has 0 amide bonds. The molecule has 2 fully saturated rings. The highest BCUT2D eigenvalue weighted by Gasteiger charge is 2.74. The number of aliphatic carboxylic acids is 1. The summed E-state index contributed by atoms with van der Waals surface area (Å²) in [6, 6.07) is 0. The monoisotopic (exact) mass is 157 g/mol. The lowest BCUT2D eigenvalue weighted by molar-refractivity contribution is -0.151. The van der Waals surface area contributed by atoms with Crippen LogP contribution >= 0.6 is 0 Å². The number of hydrogen-bond donors (Lipinski definition) is 2. The predicted octanol–water partition coefficient (Wildman–Crippen LogP) is -0.564. The molecular weight excluding hydrogens is 146 g/mol. The lowest BCUT2D eigenvalue weighted by Crippen LogP contribution is -2.42. The molecule has 62 valence electrons. The van der Waals surface area contributed by atoms with Crippen molar-refractivity contribution in [3.8, 4) is 0 Å². The van der Waals surface area contributed by atoms with Gasteiger partial charge in [-0.05, 0) is 6.42 Å². The van der Waals surface area contributed by atoms with E-state index >= 15 is 0 Å². The Bertz CT molecular complexity index is 212. The van der Waals surface area contributed by atoms with E-state index in [1.165, 1.54) is 0 Å². The van der Waals surface area contributed by atoms with Crippen molar-refractivity contribution in [2.75, 3.05) is 19.8 Å². The SMILES string of the molecule is NCC1(C(=O)O)CC12COC2. The van der Waals surface area contributed by atoms with Crippen LogP contribution in [-0.2, 0) is 9.53 Å². The zero-order chi connectivity index (χ0) is 8.11. The second kappa shape index (κ2) is 1.76. The minimum absolute atomic E-state index is 0.0897. The second-order valence-electron chi connectivity index (χ2n) is 3.54. The Morgan fingerprint density at radius 2 is 2.27 bits per heavy atom. The van der Waals surface area contributed by atoms with Crippen molar-refractivity contribution in [3.63, 3.8) is 0 Å². The van der Waals surface area contributed by atoms with E-state index in [4.69, 9.17) is 15.6 Å². The molecule has 0 aromatic heterocycles. The van der Waals surface area contributed by atoms with E-state index in [0.29, 0.717) is 19.6 Å². The third-order valence-electron chi connectivity index (χ3n) is 3.04. The minimum Gasteiger partial charge on any atom is -0.481 e. The molecule has 2 rings (SSSR count). The second-order valence-corrected chi connectivity index (χ2v) is 3.54. The van der Waals surface area contributed by atoms with Gasteiger partial charge in [-0.1, -0.05) is 0 Å². The van der Waals surface area contributed by atoms with Crippen LogP contribution in [0.4, 0.5) is 0 Å². The Balaban J connectivity index is 2.17. The molecule has 4 nitrogen and oxygen atoms in total. The van der Waals surface area contributed by atoms with Crippen LogP contribution in [-0.4, -0.2) is 30.8 Å². The van der Waals surface area contributed by atoms with Gasteiger partial charge in [0.05, 0.1) is 18.6 Å².